The number of aromatic nitrogens is 2. The van der Waals surface area contributed by atoms with E-state index in [1.807, 2.05) is 14.1 Å². The predicted molar refractivity (Wildman–Crippen MR) is 57.7 cm³/mol. The second kappa shape index (κ2) is 4.76. The predicted octanol–water partition coefficient (Wildman–Crippen LogP) is 0.135. The summed E-state index contributed by atoms with van der Waals surface area (Å²) in [4.78, 5) is 9.95. The van der Waals surface area contributed by atoms with Crippen molar-refractivity contribution >= 4 is 11.8 Å². The van der Waals surface area contributed by atoms with Crippen LogP contribution in [0.25, 0.3) is 0 Å². The lowest BCUT2D eigenvalue weighted by Crippen LogP contribution is -2.14. The van der Waals surface area contributed by atoms with Gasteiger partial charge in [-0.2, -0.15) is 4.98 Å². The maximum Gasteiger partial charge on any atom is 0.221 e. The number of anilines is 2. The molecule has 1 rings (SSSR count). The van der Waals surface area contributed by atoms with Crippen molar-refractivity contribution in [3.8, 4) is 0 Å². The van der Waals surface area contributed by atoms with Gasteiger partial charge in [0.15, 0.2) is 0 Å². The molecule has 1 aromatic rings. The number of nitrogens with two attached hydrogens (primary N) is 2. The number of nitrogen functional groups attached to an aromatic ring is 2. The minimum Gasteiger partial charge on any atom is -0.383 e. The zero-order valence-corrected chi connectivity index (χ0v) is 8.70. The van der Waals surface area contributed by atoms with Gasteiger partial charge in [-0.05, 0) is 33.5 Å². The molecule has 0 unspecified atom stereocenters. The Morgan fingerprint density at radius 3 is 2.64 bits per heavy atom. The molecule has 0 aliphatic heterocycles. The summed E-state index contributed by atoms with van der Waals surface area (Å²) >= 11 is 0. The van der Waals surface area contributed by atoms with E-state index in [-0.39, 0.29) is 5.95 Å². The maximum atomic E-state index is 5.69. The summed E-state index contributed by atoms with van der Waals surface area (Å²) in [5.74, 6) is 0.732. The molecule has 0 aliphatic rings. The van der Waals surface area contributed by atoms with E-state index >= 15 is 0 Å². The number of nitrogens with zero attached hydrogens (tertiary/aromatic N) is 3. The Hall–Kier alpha value is -1.36. The van der Waals surface area contributed by atoms with Crippen LogP contribution in [-0.2, 0) is 6.42 Å². The third kappa shape index (κ3) is 3.18. The molecule has 5 nitrogen and oxygen atoms in total. The van der Waals surface area contributed by atoms with Crippen LogP contribution in [0.3, 0.4) is 0 Å². The monoisotopic (exact) mass is 195 g/mol. The Kier molecular flexibility index (Phi) is 3.64. The smallest absolute Gasteiger partial charge is 0.221 e. The van der Waals surface area contributed by atoms with Gasteiger partial charge in [0.1, 0.15) is 5.82 Å². The van der Waals surface area contributed by atoms with Crippen molar-refractivity contribution in [2.75, 3.05) is 32.1 Å². The molecule has 0 atom stereocenters. The lowest BCUT2D eigenvalue weighted by atomic mass is 10.1. The number of hydrogen-bond donors (Lipinski definition) is 2. The van der Waals surface area contributed by atoms with Crippen LogP contribution in [0.4, 0.5) is 11.8 Å². The molecular weight excluding hydrogens is 178 g/mol. The zero-order valence-electron chi connectivity index (χ0n) is 8.70. The quantitative estimate of drug-likeness (QED) is 0.714. The van der Waals surface area contributed by atoms with Crippen molar-refractivity contribution in [2.45, 2.75) is 12.8 Å². The summed E-state index contributed by atoms with van der Waals surface area (Å²) in [6.45, 7) is 1.03. The molecule has 0 aromatic carbocycles. The standard InChI is InChI=1S/C9H17N5/c1-14(2)5-3-4-7-6-12-9(11)13-8(7)10/h6H,3-5H2,1-2H3,(H4,10,11,12,13). The summed E-state index contributed by atoms with van der Waals surface area (Å²) in [6.07, 6.45) is 3.64. The van der Waals surface area contributed by atoms with E-state index in [1.54, 1.807) is 6.20 Å². The van der Waals surface area contributed by atoms with E-state index in [9.17, 15) is 0 Å². The second-order valence-electron chi connectivity index (χ2n) is 3.55. The molecule has 0 fully saturated rings. The Balaban J connectivity index is 2.51. The molecule has 78 valence electrons. The summed E-state index contributed by atoms with van der Waals surface area (Å²) in [5, 5.41) is 0. The van der Waals surface area contributed by atoms with Gasteiger partial charge < -0.3 is 16.4 Å². The molecule has 0 saturated heterocycles. The normalized spacial score (nSPS) is 10.8. The molecule has 0 aliphatic carbocycles. The van der Waals surface area contributed by atoms with E-state index in [0.29, 0.717) is 5.82 Å². The maximum absolute atomic E-state index is 5.69. The van der Waals surface area contributed by atoms with Crippen LogP contribution < -0.4 is 11.5 Å². The molecule has 14 heavy (non-hydrogen) atoms. The van der Waals surface area contributed by atoms with Crippen LogP contribution in [0.2, 0.25) is 0 Å². The fourth-order valence-corrected chi connectivity index (χ4v) is 1.21. The molecule has 0 amide bonds. The number of rotatable bonds is 4. The SMILES string of the molecule is CN(C)CCCc1cnc(N)nc1N. The highest BCUT2D eigenvalue weighted by Gasteiger charge is 2.02. The average molecular weight is 195 g/mol. The van der Waals surface area contributed by atoms with Gasteiger partial charge in [-0.15, -0.1) is 0 Å². The summed E-state index contributed by atoms with van der Waals surface area (Å²) in [7, 11) is 4.09. The average Bonchev–Trinajstić information content (AvgIpc) is 2.08. The first-order valence-electron chi connectivity index (χ1n) is 4.61. The molecular formula is C9H17N5. The topological polar surface area (TPSA) is 81.1 Å². The van der Waals surface area contributed by atoms with Gasteiger partial charge in [0.05, 0.1) is 0 Å². The van der Waals surface area contributed by atoms with E-state index < -0.39 is 0 Å². The van der Waals surface area contributed by atoms with Crippen molar-refractivity contribution in [3.63, 3.8) is 0 Å². The molecule has 0 bridgehead atoms. The lowest BCUT2D eigenvalue weighted by Gasteiger charge is -2.09. The summed E-state index contributed by atoms with van der Waals surface area (Å²) in [6, 6.07) is 0. The highest BCUT2D eigenvalue weighted by atomic mass is 15.0. The first-order valence-corrected chi connectivity index (χ1v) is 4.61. The largest absolute Gasteiger partial charge is 0.383 e. The molecule has 4 N–H and O–H groups in total. The molecule has 1 aromatic heterocycles. The first kappa shape index (κ1) is 10.7. The van der Waals surface area contributed by atoms with Gasteiger partial charge in [-0.25, -0.2) is 4.98 Å². The van der Waals surface area contributed by atoms with E-state index in [1.165, 1.54) is 0 Å². The van der Waals surface area contributed by atoms with Crippen molar-refractivity contribution in [1.29, 1.82) is 0 Å². The van der Waals surface area contributed by atoms with Crippen molar-refractivity contribution < 1.29 is 0 Å². The van der Waals surface area contributed by atoms with Crippen LogP contribution in [-0.4, -0.2) is 35.5 Å². The number of hydrogen-bond acceptors (Lipinski definition) is 5. The van der Waals surface area contributed by atoms with Gasteiger partial charge in [0.2, 0.25) is 5.95 Å². The van der Waals surface area contributed by atoms with Crippen LogP contribution in [0, 0.1) is 0 Å². The minimum atomic E-state index is 0.235. The Morgan fingerprint density at radius 2 is 2.07 bits per heavy atom. The fourth-order valence-electron chi connectivity index (χ4n) is 1.21. The molecule has 1 heterocycles. The molecule has 0 spiro atoms. The second-order valence-corrected chi connectivity index (χ2v) is 3.55. The van der Waals surface area contributed by atoms with Gasteiger partial charge in [0, 0.05) is 11.8 Å². The third-order valence-corrected chi connectivity index (χ3v) is 1.97. The summed E-state index contributed by atoms with van der Waals surface area (Å²) in [5.41, 5.74) is 12.1. The fraction of sp³-hybridized carbons (Fsp3) is 0.556. The van der Waals surface area contributed by atoms with Crippen molar-refractivity contribution in [1.82, 2.24) is 14.9 Å². The highest BCUT2D eigenvalue weighted by molar-refractivity contribution is 5.41. The Bertz CT molecular complexity index is 297. The lowest BCUT2D eigenvalue weighted by molar-refractivity contribution is 0.400. The Morgan fingerprint density at radius 1 is 1.36 bits per heavy atom. The Labute approximate surface area is 84.1 Å². The van der Waals surface area contributed by atoms with Crippen molar-refractivity contribution in [2.24, 2.45) is 0 Å². The van der Waals surface area contributed by atoms with E-state index in [2.05, 4.69) is 14.9 Å². The van der Waals surface area contributed by atoms with Crippen molar-refractivity contribution in [3.05, 3.63) is 11.8 Å². The zero-order chi connectivity index (χ0) is 10.6. The molecule has 5 heteroatoms. The molecule has 0 saturated carbocycles. The van der Waals surface area contributed by atoms with Gasteiger partial charge >= 0.3 is 0 Å². The van der Waals surface area contributed by atoms with Gasteiger partial charge in [-0.1, -0.05) is 0 Å². The minimum absolute atomic E-state index is 0.235. The van der Waals surface area contributed by atoms with Crippen LogP contribution >= 0.6 is 0 Å². The number of aryl methyl sites for hydroxylation is 1. The van der Waals surface area contributed by atoms with Gasteiger partial charge in [0.25, 0.3) is 0 Å². The van der Waals surface area contributed by atoms with Gasteiger partial charge in [-0.3, -0.25) is 0 Å². The van der Waals surface area contributed by atoms with E-state index in [4.69, 9.17) is 11.5 Å². The van der Waals surface area contributed by atoms with Crippen LogP contribution in [0.5, 0.6) is 0 Å². The third-order valence-electron chi connectivity index (χ3n) is 1.97. The van der Waals surface area contributed by atoms with E-state index in [0.717, 1.165) is 24.9 Å². The summed E-state index contributed by atoms with van der Waals surface area (Å²) < 4.78 is 0. The van der Waals surface area contributed by atoms with Crippen LogP contribution in [0.1, 0.15) is 12.0 Å². The van der Waals surface area contributed by atoms with Crippen LogP contribution in [0.15, 0.2) is 6.20 Å². The first-order chi connectivity index (χ1) is 6.59. The molecule has 0 radical (unpaired) electrons. The highest BCUT2D eigenvalue weighted by Crippen LogP contribution is 2.10.